The standard InChI is InChI=1S/C17H19N3O3S/c1-17(2,3)15-10-12(6-7-18-15)20-24(22,23)13-4-5-14-11(8-13)9-16(21)19-14/h4-8,10H,9H2,1-3H3,(H,18,20)(H,19,21). The molecule has 0 saturated carbocycles. The monoisotopic (exact) mass is 345 g/mol. The van der Waals surface area contributed by atoms with Gasteiger partial charge in [0.25, 0.3) is 10.0 Å². The van der Waals surface area contributed by atoms with Crippen molar-refractivity contribution in [1.29, 1.82) is 0 Å². The molecule has 1 amide bonds. The number of hydrogen-bond acceptors (Lipinski definition) is 4. The van der Waals surface area contributed by atoms with E-state index < -0.39 is 10.0 Å². The normalized spacial score (nSPS) is 14.2. The van der Waals surface area contributed by atoms with Crippen molar-refractivity contribution in [2.45, 2.75) is 37.5 Å². The van der Waals surface area contributed by atoms with E-state index in [-0.39, 0.29) is 22.6 Å². The first-order chi connectivity index (χ1) is 11.1. The van der Waals surface area contributed by atoms with Crippen LogP contribution in [-0.2, 0) is 26.7 Å². The lowest BCUT2D eigenvalue weighted by molar-refractivity contribution is -0.115. The Morgan fingerprint density at radius 3 is 2.62 bits per heavy atom. The van der Waals surface area contributed by atoms with E-state index in [0.717, 1.165) is 5.69 Å². The summed E-state index contributed by atoms with van der Waals surface area (Å²) < 4.78 is 27.8. The van der Waals surface area contributed by atoms with E-state index in [9.17, 15) is 13.2 Å². The van der Waals surface area contributed by atoms with Crippen molar-refractivity contribution in [2.75, 3.05) is 10.0 Å². The molecular formula is C17H19N3O3S. The van der Waals surface area contributed by atoms with Crippen molar-refractivity contribution in [3.8, 4) is 0 Å². The molecule has 1 aliphatic heterocycles. The van der Waals surface area contributed by atoms with Gasteiger partial charge < -0.3 is 5.32 Å². The minimum Gasteiger partial charge on any atom is -0.326 e. The van der Waals surface area contributed by atoms with Crippen LogP contribution in [-0.4, -0.2) is 19.3 Å². The molecule has 2 heterocycles. The van der Waals surface area contributed by atoms with Crippen molar-refractivity contribution in [3.63, 3.8) is 0 Å². The SMILES string of the molecule is CC(C)(C)c1cc(NS(=O)(=O)c2ccc3c(c2)CC(=O)N3)ccn1. The zero-order valence-electron chi connectivity index (χ0n) is 13.8. The molecule has 0 unspecified atom stereocenters. The third kappa shape index (κ3) is 3.26. The molecular weight excluding hydrogens is 326 g/mol. The fourth-order valence-corrected chi connectivity index (χ4v) is 3.59. The average Bonchev–Trinajstić information content (AvgIpc) is 2.85. The number of pyridine rings is 1. The quantitative estimate of drug-likeness (QED) is 0.895. The van der Waals surface area contributed by atoms with Crippen LogP contribution in [0.1, 0.15) is 32.0 Å². The third-order valence-electron chi connectivity index (χ3n) is 3.79. The summed E-state index contributed by atoms with van der Waals surface area (Å²) in [6, 6.07) is 7.98. The molecule has 7 heteroatoms. The number of nitrogens with one attached hydrogen (secondary N) is 2. The number of sulfonamides is 1. The first-order valence-electron chi connectivity index (χ1n) is 7.57. The highest BCUT2D eigenvalue weighted by molar-refractivity contribution is 7.92. The lowest BCUT2D eigenvalue weighted by Crippen LogP contribution is -2.16. The van der Waals surface area contributed by atoms with Gasteiger partial charge in [-0.05, 0) is 35.9 Å². The third-order valence-corrected chi connectivity index (χ3v) is 5.17. The Morgan fingerprint density at radius 2 is 1.92 bits per heavy atom. The first kappa shape index (κ1) is 16.4. The molecule has 0 fully saturated rings. The van der Waals surface area contributed by atoms with Crippen molar-refractivity contribution in [2.24, 2.45) is 0 Å². The van der Waals surface area contributed by atoms with Crippen LogP contribution in [0.25, 0.3) is 0 Å². The zero-order chi connectivity index (χ0) is 17.5. The number of hydrogen-bond donors (Lipinski definition) is 2. The molecule has 126 valence electrons. The summed E-state index contributed by atoms with van der Waals surface area (Å²) >= 11 is 0. The number of rotatable bonds is 3. The number of amides is 1. The smallest absolute Gasteiger partial charge is 0.261 e. The zero-order valence-corrected chi connectivity index (χ0v) is 14.6. The highest BCUT2D eigenvalue weighted by Gasteiger charge is 2.22. The number of carbonyl (C=O) groups excluding carboxylic acids is 1. The Kier molecular flexibility index (Phi) is 3.83. The number of nitrogens with zero attached hydrogens (tertiary/aromatic N) is 1. The second-order valence-corrected chi connectivity index (χ2v) is 8.51. The molecule has 0 aliphatic carbocycles. The maximum atomic E-state index is 12.6. The van der Waals surface area contributed by atoms with E-state index >= 15 is 0 Å². The molecule has 1 aliphatic rings. The Bertz CT molecular complexity index is 915. The molecule has 0 spiro atoms. The van der Waals surface area contributed by atoms with Gasteiger partial charge in [0.2, 0.25) is 5.91 Å². The summed E-state index contributed by atoms with van der Waals surface area (Å²) in [6.45, 7) is 6.04. The van der Waals surface area contributed by atoms with Gasteiger partial charge in [0, 0.05) is 23.0 Å². The minimum absolute atomic E-state index is 0.128. The molecule has 1 aromatic heterocycles. The van der Waals surface area contributed by atoms with Gasteiger partial charge in [-0.1, -0.05) is 20.8 Å². The molecule has 2 N–H and O–H groups in total. The number of aromatic nitrogens is 1. The van der Waals surface area contributed by atoms with E-state index in [4.69, 9.17) is 0 Å². The van der Waals surface area contributed by atoms with Crippen LogP contribution in [0.5, 0.6) is 0 Å². The minimum atomic E-state index is -3.73. The van der Waals surface area contributed by atoms with Crippen LogP contribution in [0.2, 0.25) is 0 Å². The van der Waals surface area contributed by atoms with Gasteiger partial charge >= 0.3 is 0 Å². The van der Waals surface area contributed by atoms with E-state index in [2.05, 4.69) is 15.0 Å². The van der Waals surface area contributed by atoms with Gasteiger partial charge in [0.15, 0.2) is 0 Å². The molecule has 0 bridgehead atoms. The van der Waals surface area contributed by atoms with Crippen LogP contribution in [0.3, 0.4) is 0 Å². The summed E-state index contributed by atoms with van der Waals surface area (Å²) in [5.74, 6) is -0.128. The highest BCUT2D eigenvalue weighted by Crippen LogP contribution is 2.27. The second-order valence-electron chi connectivity index (χ2n) is 6.83. The van der Waals surface area contributed by atoms with Crippen molar-refractivity contribution >= 4 is 27.3 Å². The van der Waals surface area contributed by atoms with Crippen LogP contribution in [0.4, 0.5) is 11.4 Å². The Balaban J connectivity index is 1.90. The van der Waals surface area contributed by atoms with Gasteiger partial charge in [-0.15, -0.1) is 0 Å². The largest absolute Gasteiger partial charge is 0.326 e. The Morgan fingerprint density at radius 1 is 1.17 bits per heavy atom. The van der Waals surface area contributed by atoms with Crippen LogP contribution in [0.15, 0.2) is 41.4 Å². The molecule has 24 heavy (non-hydrogen) atoms. The maximum absolute atomic E-state index is 12.6. The fraction of sp³-hybridized carbons (Fsp3) is 0.294. The van der Waals surface area contributed by atoms with Gasteiger partial charge in [-0.3, -0.25) is 14.5 Å². The predicted molar refractivity (Wildman–Crippen MR) is 92.5 cm³/mol. The highest BCUT2D eigenvalue weighted by atomic mass is 32.2. The Labute approximate surface area is 141 Å². The van der Waals surface area contributed by atoms with Gasteiger partial charge in [-0.2, -0.15) is 0 Å². The number of benzene rings is 1. The number of carbonyl (C=O) groups is 1. The lowest BCUT2D eigenvalue weighted by Gasteiger charge is -2.18. The van der Waals surface area contributed by atoms with E-state index in [0.29, 0.717) is 16.9 Å². The average molecular weight is 345 g/mol. The predicted octanol–water partition coefficient (Wildman–Crippen LogP) is 2.67. The molecule has 2 aromatic rings. The van der Waals surface area contributed by atoms with Crippen molar-refractivity contribution in [3.05, 3.63) is 47.8 Å². The van der Waals surface area contributed by atoms with E-state index in [1.807, 2.05) is 20.8 Å². The topological polar surface area (TPSA) is 88.2 Å². The molecule has 1 aromatic carbocycles. The fourth-order valence-electron chi connectivity index (χ4n) is 2.49. The Hall–Kier alpha value is -2.41. The molecule has 0 saturated heterocycles. The van der Waals surface area contributed by atoms with Crippen molar-refractivity contribution < 1.29 is 13.2 Å². The summed E-state index contributed by atoms with van der Waals surface area (Å²) in [5, 5.41) is 2.69. The van der Waals surface area contributed by atoms with Gasteiger partial charge in [-0.25, -0.2) is 8.42 Å². The lowest BCUT2D eigenvalue weighted by atomic mass is 9.91. The van der Waals surface area contributed by atoms with E-state index in [1.54, 1.807) is 24.4 Å². The molecule has 0 atom stereocenters. The second kappa shape index (κ2) is 5.59. The molecule has 0 radical (unpaired) electrons. The molecule has 6 nitrogen and oxygen atoms in total. The van der Waals surface area contributed by atoms with Crippen molar-refractivity contribution in [1.82, 2.24) is 4.98 Å². The van der Waals surface area contributed by atoms with Gasteiger partial charge in [0.05, 0.1) is 17.0 Å². The first-order valence-corrected chi connectivity index (χ1v) is 9.06. The van der Waals surface area contributed by atoms with E-state index in [1.165, 1.54) is 12.1 Å². The van der Waals surface area contributed by atoms with Crippen LogP contribution in [0, 0.1) is 0 Å². The summed E-state index contributed by atoms with van der Waals surface area (Å²) in [5.41, 5.74) is 2.43. The van der Waals surface area contributed by atoms with Gasteiger partial charge in [0.1, 0.15) is 0 Å². The van der Waals surface area contributed by atoms with Crippen LogP contribution >= 0.6 is 0 Å². The van der Waals surface area contributed by atoms with Crippen LogP contribution < -0.4 is 10.0 Å². The summed E-state index contributed by atoms with van der Waals surface area (Å²) in [6.07, 6.45) is 1.78. The number of anilines is 2. The maximum Gasteiger partial charge on any atom is 0.261 e. The number of fused-ring (bicyclic) bond motifs is 1. The summed E-state index contributed by atoms with van der Waals surface area (Å²) in [4.78, 5) is 15.8. The molecule has 3 rings (SSSR count). The summed E-state index contributed by atoms with van der Waals surface area (Å²) in [7, 11) is -3.73.